The molecule has 0 radical (unpaired) electrons. The maximum Gasteiger partial charge on any atom is 0.265 e. The maximum atomic E-state index is 13.7. The van der Waals surface area contributed by atoms with E-state index < -0.39 is 23.2 Å². The number of pyridine rings is 1. The summed E-state index contributed by atoms with van der Waals surface area (Å²) < 4.78 is 28.3. The highest BCUT2D eigenvalue weighted by molar-refractivity contribution is 7.14. The molecule has 4 aromatic rings. The van der Waals surface area contributed by atoms with Crippen LogP contribution in [-0.2, 0) is 0 Å². The van der Waals surface area contributed by atoms with E-state index in [1.165, 1.54) is 34.5 Å². The lowest BCUT2D eigenvalue weighted by Crippen LogP contribution is -2.26. The Morgan fingerprint density at radius 2 is 2.03 bits per heavy atom. The highest BCUT2D eigenvalue weighted by Crippen LogP contribution is 2.31. The molecule has 0 bridgehead atoms. The zero-order valence-corrected chi connectivity index (χ0v) is 16.8. The molecule has 3 heterocycles. The van der Waals surface area contributed by atoms with E-state index in [9.17, 15) is 18.8 Å². The van der Waals surface area contributed by atoms with Gasteiger partial charge in [0, 0.05) is 13.2 Å². The van der Waals surface area contributed by atoms with Crippen LogP contribution >= 0.6 is 11.3 Å². The molecule has 0 aliphatic rings. The number of anilines is 2. The summed E-state index contributed by atoms with van der Waals surface area (Å²) in [7, 11) is 1.77. The fourth-order valence-electron chi connectivity index (χ4n) is 3.23. The molecule has 1 aromatic carbocycles. The van der Waals surface area contributed by atoms with Crippen LogP contribution in [0.4, 0.5) is 19.6 Å². The predicted molar refractivity (Wildman–Crippen MR) is 111 cm³/mol. The summed E-state index contributed by atoms with van der Waals surface area (Å²) in [6.45, 7) is 1.69. The molecule has 0 saturated heterocycles. The molecule has 1 unspecified atom stereocenters. The number of benzene rings is 1. The molecule has 150 valence electrons. The van der Waals surface area contributed by atoms with E-state index in [0.29, 0.717) is 11.4 Å². The summed E-state index contributed by atoms with van der Waals surface area (Å²) in [6, 6.07) is 8.65. The SMILES string of the molecule is CC(c1ccc(F)c(F)c1)n1cnc2c(C#N)cnc(N(C)c3cccs3)c2c1=O. The van der Waals surface area contributed by atoms with E-state index in [0.717, 1.165) is 17.1 Å². The summed E-state index contributed by atoms with van der Waals surface area (Å²) >= 11 is 1.48. The van der Waals surface area contributed by atoms with Crippen molar-refractivity contribution in [1.82, 2.24) is 14.5 Å². The van der Waals surface area contributed by atoms with Crippen LogP contribution < -0.4 is 10.5 Å². The molecule has 9 heteroatoms. The molecule has 1 atom stereocenters. The number of hydrogen-bond acceptors (Lipinski definition) is 6. The Morgan fingerprint density at radius 1 is 1.23 bits per heavy atom. The van der Waals surface area contributed by atoms with E-state index in [1.807, 2.05) is 23.6 Å². The number of aromatic nitrogens is 3. The van der Waals surface area contributed by atoms with Gasteiger partial charge < -0.3 is 4.90 Å². The molecule has 0 saturated carbocycles. The lowest BCUT2D eigenvalue weighted by Gasteiger charge is -2.20. The van der Waals surface area contributed by atoms with Crippen LogP contribution in [0.2, 0.25) is 0 Å². The third kappa shape index (κ3) is 3.21. The zero-order chi connectivity index (χ0) is 21.4. The number of hydrogen-bond donors (Lipinski definition) is 0. The van der Waals surface area contributed by atoms with Crippen molar-refractivity contribution in [2.75, 3.05) is 11.9 Å². The second-order valence-electron chi connectivity index (χ2n) is 6.65. The smallest absolute Gasteiger partial charge is 0.265 e. The van der Waals surface area contributed by atoms with Gasteiger partial charge in [0.05, 0.1) is 22.9 Å². The lowest BCUT2D eigenvalue weighted by molar-refractivity contribution is 0.502. The highest BCUT2D eigenvalue weighted by Gasteiger charge is 2.21. The Morgan fingerprint density at radius 3 is 2.70 bits per heavy atom. The molecule has 0 aliphatic carbocycles. The molecule has 0 amide bonds. The molecule has 30 heavy (non-hydrogen) atoms. The normalized spacial score (nSPS) is 12.0. The summed E-state index contributed by atoms with van der Waals surface area (Å²) in [5, 5.41) is 12.4. The Labute approximate surface area is 174 Å². The first kappa shape index (κ1) is 19.7. The van der Waals surface area contributed by atoms with E-state index in [2.05, 4.69) is 9.97 Å². The standard InChI is InChI=1S/C21H15F2N5OS/c1-12(13-5-6-15(22)16(23)8-13)28-11-26-19-14(9-24)10-25-20(18(19)21(28)29)27(2)17-4-3-7-30-17/h3-8,10-12H,1-2H3. The minimum atomic E-state index is -0.993. The minimum absolute atomic E-state index is 0.179. The number of fused-ring (bicyclic) bond motifs is 1. The van der Waals surface area contributed by atoms with Crippen LogP contribution in [0, 0.1) is 23.0 Å². The fraction of sp³-hybridized carbons (Fsp3) is 0.143. The molecule has 4 rings (SSSR count). The van der Waals surface area contributed by atoms with Gasteiger partial charge >= 0.3 is 0 Å². The third-order valence-corrected chi connectivity index (χ3v) is 5.85. The van der Waals surface area contributed by atoms with Crippen molar-refractivity contribution >= 4 is 33.1 Å². The van der Waals surface area contributed by atoms with Crippen LogP contribution in [0.15, 0.2) is 53.0 Å². The molecular weight excluding hydrogens is 408 g/mol. The van der Waals surface area contributed by atoms with Gasteiger partial charge in [-0.1, -0.05) is 6.07 Å². The zero-order valence-electron chi connectivity index (χ0n) is 16.0. The monoisotopic (exact) mass is 423 g/mol. The second kappa shape index (κ2) is 7.65. The first-order chi connectivity index (χ1) is 14.4. The molecule has 0 aliphatic heterocycles. The largest absolute Gasteiger partial charge is 0.320 e. The first-order valence-electron chi connectivity index (χ1n) is 8.94. The average molecular weight is 423 g/mol. The Bertz CT molecular complexity index is 1340. The topological polar surface area (TPSA) is 74.8 Å². The van der Waals surface area contributed by atoms with Gasteiger partial charge in [-0.05, 0) is 42.1 Å². The third-order valence-electron chi connectivity index (χ3n) is 4.91. The van der Waals surface area contributed by atoms with E-state index in [4.69, 9.17) is 0 Å². The van der Waals surface area contributed by atoms with Crippen molar-refractivity contribution in [3.05, 3.63) is 81.4 Å². The van der Waals surface area contributed by atoms with Crippen molar-refractivity contribution < 1.29 is 8.78 Å². The van der Waals surface area contributed by atoms with E-state index >= 15 is 0 Å². The van der Waals surface area contributed by atoms with Crippen molar-refractivity contribution in [3.63, 3.8) is 0 Å². The number of rotatable bonds is 4. The Balaban J connectivity index is 1.94. The van der Waals surface area contributed by atoms with Crippen molar-refractivity contribution in [2.24, 2.45) is 0 Å². The predicted octanol–water partition coefficient (Wildman–Crippen LogP) is 4.38. The number of halogens is 2. The number of nitrogens with zero attached hydrogens (tertiary/aromatic N) is 5. The summed E-state index contributed by atoms with van der Waals surface area (Å²) in [5.74, 6) is -1.60. The van der Waals surface area contributed by atoms with Gasteiger partial charge in [0.2, 0.25) is 0 Å². The fourth-order valence-corrected chi connectivity index (χ4v) is 3.93. The van der Waals surface area contributed by atoms with Crippen molar-refractivity contribution in [2.45, 2.75) is 13.0 Å². The van der Waals surface area contributed by atoms with Gasteiger partial charge in [0.1, 0.15) is 22.8 Å². The average Bonchev–Trinajstić information content (AvgIpc) is 3.29. The van der Waals surface area contributed by atoms with Gasteiger partial charge in [-0.2, -0.15) is 5.26 Å². The molecule has 0 N–H and O–H groups in total. The maximum absolute atomic E-state index is 13.7. The van der Waals surface area contributed by atoms with E-state index in [1.54, 1.807) is 18.9 Å². The summed E-state index contributed by atoms with van der Waals surface area (Å²) in [5.41, 5.74) is 0.401. The molecule has 0 spiro atoms. The van der Waals surface area contributed by atoms with Gasteiger partial charge in [0.25, 0.3) is 5.56 Å². The quantitative estimate of drug-likeness (QED) is 0.487. The van der Waals surface area contributed by atoms with Crippen LogP contribution in [-0.4, -0.2) is 21.6 Å². The van der Waals surface area contributed by atoms with Crippen LogP contribution in [0.5, 0.6) is 0 Å². The minimum Gasteiger partial charge on any atom is -0.320 e. The molecule has 6 nitrogen and oxygen atoms in total. The Kier molecular flexibility index (Phi) is 5.01. The van der Waals surface area contributed by atoms with Gasteiger partial charge in [-0.3, -0.25) is 9.36 Å². The van der Waals surface area contributed by atoms with Crippen molar-refractivity contribution in [3.8, 4) is 6.07 Å². The van der Waals surface area contributed by atoms with Crippen molar-refractivity contribution in [1.29, 1.82) is 5.26 Å². The highest BCUT2D eigenvalue weighted by atomic mass is 32.1. The van der Waals surface area contributed by atoms with Gasteiger partial charge in [-0.25, -0.2) is 18.7 Å². The van der Waals surface area contributed by atoms with E-state index in [-0.39, 0.29) is 16.5 Å². The van der Waals surface area contributed by atoms with Crippen LogP contribution in [0.25, 0.3) is 10.9 Å². The molecule has 0 fully saturated rings. The van der Waals surface area contributed by atoms with Crippen LogP contribution in [0.1, 0.15) is 24.1 Å². The number of thiophene rings is 1. The summed E-state index contributed by atoms with van der Waals surface area (Å²) in [6.07, 6.45) is 2.70. The molecular formula is C21H15F2N5OS. The van der Waals surface area contributed by atoms with Gasteiger partial charge in [-0.15, -0.1) is 11.3 Å². The molecule has 3 aromatic heterocycles. The van der Waals surface area contributed by atoms with Crippen LogP contribution in [0.3, 0.4) is 0 Å². The Hall–Kier alpha value is -3.64. The second-order valence-corrected chi connectivity index (χ2v) is 7.57. The lowest BCUT2D eigenvalue weighted by atomic mass is 10.1. The number of nitriles is 1. The van der Waals surface area contributed by atoms with Gasteiger partial charge in [0.15, 0.2) is 11.6 Å². The first-order valence-corrected chi connectivity index (χ1v) is 9.82. The summed E-state index contributed by atoms with van der Waals surface area (Å²) in [4.78, 5) is 23.9.